The SMILES string of the molecule is CCNC(Cc1ccncc1Cl)C1CCCCCC1. The van der Waals surface area contributed by atoms with Crippen molar-refractivity contribution in [3.63, 3.8) is 0 Å². The molecule has 2 nitrogen and oxygen atoms in total. The Morgan fingerprint density at radius 1 is 1.32 bits per heavy atom. The van der Waals surface area contributed by atoms with Crippen LogP contribution in [0.4, 0.5) is 0 Å². The summed E-state index contributed by atoms with van der Waals surface area (Å²) < 4.78 is 0. The van der Waals surface area contributed by atoms with Crippen molar-refractivity contribution in [2.75, 3.05) is 6.54 Å². The lowest BCUT2D eigenvalue weighted by molar-refractivity contribution is 0.321. The lowest BCUT2D eigenvalue weighted by Crippen LogP contribution is -2.38. The van der Waals surface area contributed by atoms with Gasteiger partial charge in [0.1, 0.15) is 0 Å². The third kappa shape index (κ3) is 4.47. The number of rotatable bonds is 5. The molecule has 106 valence electrons. The fourth-order valence-corrected chi connectivity index (χ4v) is 3.38. The van der Waals surface area contributed by atoms with Gasteiger partial charge in [0.15, 0.2) is 0 Å². The highest BCUT2D eigenvalue weighted by Crippen LogP contribution is 2.28. The third-order valence-corrected chi connectivity index (χ3v) is 4.57. The lowest BCUT2D eigenvalue weighted by Gasteiger charge is -2.27. The standard InChI is InChI=1S/C16H25ClN2/c1-2-19-16(13-7-5-3-4-6-8-13)11-14-9-10-18-12-15(14)17/h9-10,12-13,16,19H,2-8,11H2,1H3. The van der Waals surface area contributed by atoms with Gasteiger partial charge >= 0.3 is 0 Å². The first-order valence-electron chi connectivity index (χ1n) is 7.63. The molecule has 1 fully saturated rings. The van der Waals surface area contributed by atoms with Crippen LogP contribution in [0, 0.1) is 5.92 Å². The molecule has 1 aliphatic carbocycles. The molecule has 1 aliphatic rings. The van der Waals surface area contributed by atoms with Crippen LogP contribution >= 0.6 is 11.6 Å². The molecule has 0 radical (unpaired) electrons. The average Bonchev–Trinajstić information content (AvgIpc) is 2.69. The zero-order valence-electron chi connectivity index (χ0n) is 11.9. The van der Waals surface area contributed by atoms with Crippen molar-refractivity contribution in [2.24, 2.45) is 5.92 Å². The molecule has 1 aromatic heterocycles. The van der Waals surface area contributed by atoms with Gasteiger partial charge in [-0.25, -0.2) is 0 Å². The number of hydrogen-bond acceptors (Lipinski definition) is 2. The normalized spacial score (nSPS) is 19.1. The summed E-state index contributed by atoms with van der Waals surface area (Å²) in [6.07, 6.45) is 12.9. The third-order valence-electron chi connectivity index (χ3n) is 4.23. The molecule has 0 aliphatic heterocycles. The molecule has 0 saturated heterocycles. The van der Waals surface area contributed by atoms with E-state index < -0.39 is 0 Å². The Balaban J connectivity index is 2.04. The molecule has 0 aromatic carbocycles. The number of likely N-dealkylation sites (N-methyl/N-ethyl adjacent to an activating group) is 1. The van der Waals surface area contributed by atoms with Crippen LogP contribution in [-0.2, 0) is 6.42 Å². The van der Waals surface area contributed by atoms with Gasteiger partial charge in [-0.3, -0.25) is 4.98 Å². The molecule has 1 saturated carbocycles. The van der Waals surface area contributed by atoms with E-state index in [2.05, 4.69) is 23.3 Å². The first-order valence-corrected chi connectivity index (χ1v) is 8.00. The summed E-state index contributed by atoms with van der Waals surface area (Å²) in [6.45, 7) is 3.22. The maximum absolute atomic E-state index is 6.25. The summed E-state index contributed by atoms with van der Waals surface area (Å²) >= 11 is 6.25. The number of aromatic nitrogens is 1. The molecular formula is C16H25ClN2. The zero-order chi connectivity index (χ0) is 13.5. The molecule has 1 atom stereocenters. The summed E-state index contributed by atoms with van der Waals surface area (Å²) in [5, 5.41) is 4.48. The lowest BCUT2D eigenvalue weighted by atomic mass is 9.88. The van der Waals surface area contributed by atoms with Crippen LogP contribution in [0.25, 0.3) is 0 Å². The van der Waals surface area contributed by atoms with Gasteiger partial charge in [-0.1, -0.05) is 44.2 Å². The number of nitrogens with one attached hydrogen (secondary N) is 1. The quantitative estimate of drug-likeness (QED) is 0.817. The maximum Gasteiger partial charge on any atom is 0.0621 e. The first kappa shape index (κ1) is 14.8. The predicted molar refractivity (Wildman–Crippen MR) is 81.6 cm³/mol. The minimum Gasteiger partial charge on any atom is -0.314 e. The van der Waals surface area contributed by atoms with Crippen LogP contribution in [0.15, 0.2) is 18.5 Å². The number of hydrogen-bond donors (Lipinski definition) is 1. The number of halogens is 1. The minimum absolute atomic E-state index is 0.558. The van der Waals surface area contributed by atoms with Gasteiger partial charge in [0.05, 0.1) is 5.02 Å². The van der Waals surface area contributed by atoms with Crippen LogP contribution in [-0.4, -0.2) is 17.6 Å². The van der Waals surface area contributed by atoms with E-state index in [1.807, 2.05) is 6.20 Å². The van der Waals surface area contributed by atoms with Gasteiger partial charge in [0.2, 0.25) is 0 Å². The molecule has 0 spiro atoms. The molecule has 0 bridgehead atoms. The number of pyridine rings is 1. The van der Waals surface area contributed by atoms with Crippen molar-refractivity contribution in [1.29, 1.82) is 0 Å². The van der Waals surface area contributed by atoms with Gasteiger partial charge < -0.3 is 5.32 Å². The molecular weight excluding hydrogens is 256 g/mol. The minimum atomic E-state index is 0.558. The highest BCUT2D eigenvalue weighted by Gasteiger charge is 2.22. The van der Waals surface area contributed by atoms with E-state index in [9.17, 15) is 0 Å². The molecule has 1 aromatic rings. The van der Waals surface area contributed by atoms with Gasteiger partial charge in [-0.2, -0.15) is 0 Å². The second-order valence-corrected chi connectivity index (χ2v) is 5.99. The van der Waals surface area contributed by atoms with E-state index in [4.69, 9.17) is 11.6 Å². The van der Waals surface area contributed by atoms with Crippen LogP contribution in [0.2, 0.25) is 5.02 Å². The van der Waals surface area contributed by atoms with Gasteiger partial charge in [-0.05, 0) is 43.4 Å². The Bertz CT molecular complexity index is 373. The van der Waals surface area contributed by atoms with Gasteiger partial charge in [0, 0.05) is 18.4 Å². The topological polar surface area (TPSA) is 24.9 Å². The Labute approximate surface area is 122 Å². The van der Waals surface area contributed by atoms with E-state index in [0.717, 1.165) is 23.9 Å². The highest BCUT2D eigenvalue weighted by atomic mass is 35.5. The summed E-state index contributed by atoms with van der Waals surface area (Å²) in [5.74, 6) is 0.798. The molecule has 1 heterocycles. The Morgan fingerprint density at radius 3 is 2.68 bits per heavy atom. The van der Waals surface area contributed by atoms with Crippen molar-refractivity contribution >= 4 is 11.6 Å². The Hall–Kier alpha value is -0.600. The van der Waals surface area contributed by atoms with Gasteiger partial charge in [0.25, 0.3) is 0 Å². The van der Waals surface area contributed by atoms with Crippen molar-refractivity contribution < 1.29 is 0 Å². The largest absolute Gasteiger partial charge is 0.314 e. The molecule has 1 N–H and O–H groups in total. The van der Waals surface area contributed by atoms with E-state index in [-0.39, 0.29) is 0 Å². The Kier molecular flexibility index (Phi) is 6.12. The van der Waals surface area contributed by atoms with E-state index in [1.165, 1.54) is 44.1 Å². The van der Waals surface area contributed by atoms with Crippen LogP contribution < -0.4 is 5.32 Å². The summed E-state index contributed by atoms with van der Waals surface area (Å²) in [7, 11) is 0. The van der Waals surface area contributed by atoms with Crippen molar-refractivity contribution in [2.45, 2.75) is 57.9 Å². The molecule has 0 amide bonds. The molecule has 19 heavy (non-hydrogen) atoms. The second kappa shape index (κ2) is 7.86. The fraction of sp³-hybridized carbons (Fsp3) is 0.688. The highest BCUT2D eigenvalue weighted by molar-refractivity contribution is 6.31. The summed E-state index contributed by atoms with van der Waals surface area (Å²) in [4.78, 5) is 4.07. The van der Waals surface area contributed by atoms with Crippen molar-refractivity contribution in [3.8, 4) is 0 Å². The van der Waals surface area contributed by atoms with E-state index >= 15 is 0 Å². The smallest absolute Gasteiger partial charge is 0.0621 e. The average molecular weight is 281 g/mol. The molecule has 2 rings (SSSR count). The first-order chi connectivity index (χ1) is 9.31. The fourth-order valence-electron chi connectivity index (χ4n) is 3.19. The second-order valence-electron chi connectivity index (χ2n) is 5.59. The predicted octanol–water partition coefficient (Wildman–Crippen LogP) is 4.23. The van der Waals surface area contributed by atoms with Crippen molar-refractivity contribution in [1.82, 2.24) is 10.3 Å². The Morgan fingerprint density at radius 2 is 2.05 bits per heavy atom. The van der Waals surface area contributed by atoms with Gasteiger partial charge in [-0.15, -0.1) is 0 Å². The summed E-state index contributed by atoms with van der Waals surface area (Å²) in [5.41, 5.74) is 1.23. The van der Waals surface area contributed by atoms with E-state index in [0.29, 0.717) is 6.04 Å². The maximum atomic E-state index is 6.25. The van der Waals surface area contributed by atoms with Crippen LogP contribution in [0.5, 0.6) is 0 Å². The van der Waals surface area contributed by atoms with E-state index in [1.54, 1.807) is 6.20 Å². The monoisotopic (exact) mass is 280 g/mol. The van der Waals surface area contributed by atoms with Crippen molar-refractivity contribution in [3.05, 3.63) is 29.0 Å². The number of nitrogens with zero attached hydrogens (tertiary/aromatic N) is 1. The van der Waals surface area contributed by atoms with Crippen LogP contribution in [0.3, 0.4) is 0 Å². The summed E-state index contributed by atoms with van der Waals surface area (Å²) in [6, 6.07) is 2.62. The molecule has 1 unspecified atom stereocenters. The van der Waals surface area contributed by atoms with Crippen LogP contribution in [0.1, 0.15) is 51.0 Å². The molecule has 3 heteroatoms. The zero-order valence-corrected chi connectivity index (χ0v) is 12.6.